The van der Waals surface area contributed by atoms with Crippen LogP contribution in [0.5, 0.6) is 17.2 Å². The van der Waals surface area contributed by atoms with Gasteiger partial charge in [-0.1, -0.05) is 18.2 Å². The number of hydrogen-bond donors (Lipinski definition) is 0. The Kier molecular flexibility index (Phi) is 4.90. The van der Waals surface area contributed by atoms with Crippen LogP contribution in [0.3, 0.4) is 0 Å². The number of carbonyl (C=O) groups is 1. The minimum atomic E-state index is -0.514. The number of likely N-dealkylation sites (tertiary alicyclic amines) is 1. The molecule has 0 aromatic heterocycles. The lowest BCUT2D eigenvalue weighted by Crippen LogP contribution is -2.54. The van der Waals surface area contributed by atoms with Crippen LogP contribution in [0, 0.1) is 0 Å². The second kappa shape index (κ2) is 7.48. The van der Waals surface area contributed by atoms with Crippen LogP contribution < -0.4 is 14.2 Å². The van der Waals surface area contributed by atoms with Gasteiger partial charge in [-0.05, 0) is 43.2 Å². The maximum atomic E-state index is 13.0. The molecule has 2 aliphatic heterocycles. The first-order valence-electron chi connectivity index (χ1n) is 9.11. The molecule has 6 heteroatoms. The molecule has 142 valence electrons. The summed E-state index contributed by atoms with van der Waals surface area (Å²) in [5, 5.41) is 0. The van der Waals surface area contributed by atoms with E-state index in [-0.39, 0.29) is 12.7 Å². The van der Waals surface area contributed by atoms with Crippen LogP contribution in [-0.2, 0) is 4.74 Å². The third-order valence-electron chi connectivity index (χ3n) is 5.12. The summed E-state index contributed by atoms with van der Waals surface area (Å²) < 4.78 is 22.5. The molecular weight excluding hydrogens is 346 g/mol. The zero-order valence-corrected chi connectivity index (χ0v) is 15.3. The Morgan fingerprint density at radius 3 is 2.78 bits per heavy atom. The average Bonchev–Trinajstić information content (AvgIpc) is 3.20. The predicted molar refractivity (Wildman–Crippen MR) is 99.4 cm³/mol. The number of nitrogens with zero attached hydrogens (tertiary/aromatic N) is 1. The van der Waals surface area contributed by atoms with Crippen molar-refractivity contribution < 1.29 is 23.7 Å². The molecule has 2 heterocycles. The minimum absolute atomic E-state index is 0.0332. The van der Waals surface area contributed by atoms with Crippen LogP contribution in [0.4, 0.5) is 0 Å². The molecule has 1 fully saturated rings. The molecule has 0 radical (unpaired) electrons. The summed E-state index contributed by atoms with van der Waals surface area (Å²) in [6, 6.07) is 15.0. The molecule has 4 rings (SSSR count). The Hall–Kier alpha value is -2.73. The fourth-order valence-electron chi connectivity index (χ4n) is 3.56. The maximum Gasteiger partial charge on any atom is 0.254 e. The molecule has 0 aliphatic carbocycles. The van der Waals surface area contributed by atoms with Gasteiger partial charge in [0.05, 0.1) is 6.54 Å². The largest absolute Gasteiger partial charge is 0.491 e. The zero-order valence-electron chi connectivity index (χ0n) is 15.3. The van der Waals surface area contributed by atoms with Crippen LogP contribution in [0.1, 0.15) is 23.2 Å². The van der Waals surface area contributed by atoms with Crippen molar-refractivity contribution in [3.8, 4) is 17.2 Å². The van der Waals surface area contributed by atoms with E-state index in [1.807, 2.05) is 35.2 Å². The maximum absolute atomic E-state index is 13.0. The quantitative estimate of drug-likeness (QED) is 0.811. The van der Waals surface area contributed by atoms with Crippen LogP contribution >= 0.6 is 0 Å². The number of amides is 1. The van der Waals surface area contributed by atoms with E-state index in [9.17, 15) is 4.79 Å². The van der Waals surface area contributed by atoms with E-state index >= 15 is 0 Å². The Morgan fingerprint density at radius 1 is 1.15 bits per heavy atom. The number of carbonyl (C=O) groups excluding carboxylic acids is 1. The number of hydrogen-bond acceptors (Lipinski definition) is 5. The third-order valence-corrected chi connectivity index (χ3v) is 5.12. The van der Waals surface area contributed by atoms with Crippen LogP contribution in [0.15, 0.2) is 48.5 Å². The normalized spacial score (nSPS) is 21.1. The van der Waals surface area contributed by atoms with Gasteiger partial charge in [0.15, 0.2) is 11.5 Å². The van der Waals surface area contributed by atoms with E-state index in [1.165, 1.54) is 0 Å². The van der Waals surface area contributed by atoms with Gasteiger partial charge in [-0.15, -0.1) is 0 Å². The molecule has 1 unspecified atom stereocenters. The highest BCUT2D eigenvalue weighted by Gasteiger charge is 2.38. The van der Waals surface area contributed by atoms with Crippen molar-refractivity contribution in [3.05, 3.63) is 54.1 Å². The molecule has 2 aromatic rings. The summed E-state index contributed by atoms with van der Waals surface area (Å²) in [7, 11) is 1.68. The van der Waals surface area contributed by atoms with Crippen LogP contribution in [-0.4, -0.2) is 50.0 Å². The second-order valence-corrected chi connectivity index (χ2v) is 6.89. The van der Waals surface area contributed by atoms with E-state index in [0.29, 0.717) is 36.8 Å². The Balaban J connectivity index is 1.46. The molecule has 0 spiro atoms. The Labute approximate surface area is 158 Å². The monoisotopic (exact) mass is 369 g/mol. The first-order valence-corrected chi connectivity index (χ1v) is 9.11. The van der Waals surface area contributed by atoms with Crippen molar-refractivity contribution in [2.45, 2.75) is 18.4 Å². The fourth-order valence-corrected chi connectivity index (χ4v) is 3.56. The predicted octanol–water partition coefficient (Wildman–Crippen LogP) is 3.12. The molecule has 0 N–H and O–H groups in total. The van der Waals surface area contributed by atoms with Gasteiger partial charge in [0.1, 0.15) is 18.0 Å². The van der Waals surface area contributed by atoms with E-state index < -0.39 is 5.60 Å². The van der Waals surface area contributed by atoms with Gasteiger partial charge < -0.3 is 23.8 Å². The van der Waals surface area contributed by atoms with Gasteiger partial charge >= 0.3 is 0 Å². The average molecular weight is 369 g/mol. The van der Waals surface area contributed by atoms with Gasteiger partial charge in [0, 0.05) is 19.2 Å². The summed E-state index contributed by atoms with van der Waals surface area (Å²) in [4.78, 5) is 14.8. The van der Waals surface area contributed by atoms with E-state index in [1.54, 1.807) is 25.3 Å². The lowest BCUT2D eigenvalue weighted by atomic mass is 9.92. The lowest BCUT2D eigenvalue weighted by Gasteiger charge is -2.41. The SMILES string of the molecule is COC1(COc2ccccc2)CCCN(C(=O)c2ccc3c(c2)OCO3)C1. The minimum Gasteiger partial charge on any atom is -0.491 e. The van der Waals surface area contributed by atoms with E-state index in [2.05, 4.69) is 0 Å². The zero-order chi connectivity index (χ0) is 18.7. The number of ether oxygens (including phenoxy) is 4. The molecule has 1 amide bonds. The van der Waals surface area contributed by atoms with Gasteiger partial charge in [0.25, 0.3) is 5.91 Å². The Bertz CT molecular complexity index is 809. The summed E-state index contributed by atoms with van der Waals surface area (Å²) in [5.74, 6) is 2.05. The summed E-state index contributed by atoms with van der Waals surface area (Å²) in [6.45, 7) is 1.78. The van der Waals surface area contributed by atoms with Crippen molar-refractivity contribution in [3.63, 3.8) is 0 Å². The fraction of sp³-hybridized carbons (Fsp3) is 0.381. The molecule has 1 saturated heterocycles. The first-order chi connectivity index (χ1) is 13.2. The van der Waals surface area contributed by atoms with Gasteiger partial charge in [-0.3, -0.25) is 4.79 Å². The molecule has 27 heavy (non-hydrogen) atoms. The number of piperidine rings is 1. The number of para-hydroxylation sites is 1. The third kappa shape index (κ3) is 3.71. The molecule has 6 nitrogen and oxygen atoms in total. The highest BCUT2D eigenvalue weighted by molar-refractivity contribution is 5.95. The van der Waals surface area contributed by atoms with Gasteiger partial charge in [0.2, 0.25) is 6.79 Å². The number of benzene rings is 2. The second-order valence-electron chi connectivity index (χ2n) is 6.89. The summed E-state index contributed by atoms with van der Waals surface area (Å²) >= 11 is 0. The first kappa shape index (κ1) is 17.7. The highest BCUT2D eigenvalue weighted by atomic mass is 16.7. The molecule has 0 saturated carbocycles. The molecule has 1 atom stereocenters. The smallest absolute Gasteiger partial charge is 0.254 e. The standard InChI is InChI=1S/C21H23NO5/c1-24-21(14-25-17-6-3-2-4-7-17)10-5-11-22(13-21)20(23)16-8-9-18-19(12-16)27-15-26-18/h2-4,6-9,12H,5,10-11,13-15H2,1H3. The van der Waals surface area contributed by atoms with Crippen LogP contribution in [0.25, 0.3) is 0 Å². The number of rotatable bonds is 5. The Morgan fingerprint density at radius 2 is 1.96 bits per heavy atom. The number of methoxy groups -OCH3 is 1. The summed E-state index contributed by atoms with van der Waals surface area (Å²) in [5.41, 5.74) is 0.0789. The van der Waals surface area contributed by atoms with E-state index in [4.69, 9.17) is 18.9 Å². The molecule has 2 aliphatic rings. The number of fused-ring (bicyclic) bond motifs is 1. The van der Waals surface area contributed by atoms with Crippen molar-refractivity contribution in [1.29, 1.82) is 0 Å². The van der Waals surface area contributed by atoms with Crippen LogP contribution in [0.2, 0.25) is 0 Å². The molecule has 2 aromatic carbocycles. The van der Waals surface area contributed by atoms with E-state index in [0.717, 1.165) is 18.6 Å². The highest BCUT2D eigenvalue weighted by Crippen LogP contribution is 2.33. The van der Waals surface area contributed by atoms with Crippen molar-refractivity contribution in [2.24, 2.45) is 0 Å². The topological polar surface area (TPSA) is 57.2 Å². The molecular formula is C21H23NO5. The van der Waals surface area contributed by atoms with Crippen molar-refractivity contribution in [1.82, 2.24) is 4.90 Å². The molecule has 0 bridgehead atoms. The van der Waals surface area contributed by atoms with Crippen molar-refractivity contribution in [2.75, 3.05) is 33.6 Å². The summed E-state index contributed by atoms with van der Waals surface area (Å²) in [6.07, 6.45) is 1.71. The van der Waals surface area contributed by atoms with Gasteiger partial charge in [-0.25, -0.2) is 0 Å². The van der Waals surface area contributed by atoms with Crippen molar-refractivity contribution >= 4 is 5.91 Å². The lowest BCUT2D eigenvalue weighted by molar-refractivity contribution is -0.0824. The van der Waals surface area contributed by atoms with Gasteiger partial charge in [-0.2, -0.15) is 0 Å².